The minimum Gasteiger partial charge on any atom is -0.387 e. The van der Waals surface area contributed by atoms with Gasteiger partial charge in [-0.25, -0.2) is 0 Å². The highest BCUT2D eigenvalue weighted by Gasteiger charge is 2.42. The molecule has 3 aliphatic rings. The summed E-state index contributed by atoms with van der Waals surface area (Å²) in [6.45, 7) is 2.88. The van der Waals surface area contributed by atoms with Crippen molar-refractivity contribution in [2.45, 2.75) is 19.1 Å². The number of fused-ring (bicyclic) bond motifs is 1. The number of allylic oxidation sites excluding steroid dienone is 2. The summed E-state index contributed by atoms with van der Waals surface area (Å²) >= 11 is 0. The van der Waals surface area contributed by atoms with Gasteiger partial charge in [-0.15, -0.1) is 0 Å². The topological polar surface area (TPSA) is 99.1 Å². The monoisotopic (exact) mass is 418 g/mol. The molecule has 3 N–H and O–H groups in total. The Labute approximate surface area is 171 Å². The summed E-state index contributed by atoms with van der Waals surface area (Å²) in [7, 11) is -0.841. The van der Waals surface area contributed by atoms with Crippen molar-refractivity contribution in [3.8, 4) is 0 Å². The quantitative estimate of drug-likeness (QED) is 0.680. The van der Waals surface area contributed by atoms with E-state index in [1.807, 2.05) is 31.3 Å². The molecule has 0 saturated carbocycles. The van der Waals surface area contributed by atoms with E-state index in [4.69, 9.17) is 4.74 Å². The normalized spacial score (nSPS) is 25.6. The fraction of sp³-hybridized carbons (Fsp3) is 0.429. The van der Waals surface area contributed by atoms with Crippen molar-refractivity contribution in [3.05, 3.63) is 58.8 Å². The number of ketones is 1. The van der Waals surface area contributed by atoms with Crippen LogP contribution < -0.4 is 5.32 Å². The van der Waals surface area contributed by atoms with E-state index in [9.17, 15) is 18.7 Å². The fourth-order valence-electron chi connectivity index (χ4n) is 4.34. The van der Waals surface area contributed by atoms with Gasteiger partial charge in [0.05, 0.1) is 11.7 Å². The van der Waals surface area contributed by atoms with Crippen LogP contribution in [0.4, 0.5) is 0 Å². The van der Waals surface area contributed by atoms with Crippen LogP contribution in [0, 0.1) is 5.92 Å². The summed E-state index contributed by atoms with van der Waals surface area (Å²) in [6.07, 6.45) is 5.19. The molecule has 2 atom stereocenters. The molecule has 3 aliphatic heterocycles. The standard InChI is InChI=1S/C21H26N2O5S/c1-3-28-20(15-11-29(26,27)12-15)13-6-7-16-17(9-13)21(25)23(2)18(19(16)24)14-5-4-8-22-10-14/h4-9,15,18,20,22,26-27H,3,10-12H2,1-2H3. The van der Waals surface area contributed by atoms with Crippen LogP contribution in [-0.4, -0.2) is 63.4 Å². The summed E-state index contributed by atoms with van der Waals surface area (Å²) in [5.41, 5.74) is 2.45. The number of benzene rings is 1. The molecule has 1 saturated heterocycles. The van der Waals surface area contributed by atoms with Crippen molar-refractivity contribution in [1.82, 2.24) is 10.2 Å². The minimum absolute atomic E-state index is 0.0110. The van der Waals surface area contributed by atoms with Gasteiger partial charge in [0.25, 0.3) is 5.91 Å². The number of ether oxygens (including phenoxy) is 1. The number of dihydropyridines is 1. The lowest BCUT2D eigenvalue weighted by Gasteiger charge is -2.49. The predicted molar refractivity (Wildman–Crippen MR) is 112 cm³/mol. The smallest absolute Gasteiger partial charge is 0.255 e. The van der Waals surface area contributed by atoms with Crippen molar-refractivity contribution in [2.24, 2.45) is 5.92 Å². The Morgan fingerprint density at radius 3 is 2.66 bits per heavy atom. The van der Waals surface area contributed by atoms with Crippen LogP contribution in [-0.2, 0) is 4.74 Å². The van der Waals surface area contributed by atoms with Gasteiger partial charge in [0, 0.05) is 43.2 Å². The zero-order valence-electron chi connectivity index (χ0n) is 16.5. The maximum absolute atomic E-state index is 13.2. The van der Waals surface area contributed by atoms with Gasteiger partial charge in [-0.1, -0.05) is 18.2 Å². The van der Waals surface area contributed by atoms with Gasteiger partial charge >= 0.3 is 0 Å². The van der Waals surface area contributed by atoms with Crippen LogP contribution in [0.15, 0.2) is 42.1 Å². The van der Waals surface area contributed by atoms with E-state index >= 15 is 0 Å². The zero-order chi connectivity index (χ0) is 20.8. The molecule has 7 nitrogen and oxygen atoms in total. The van der Waals surface area contributed by atoms with Crippen molar-refractivity contribution >= 4 is 22.3 Å². The first kappa shape index (κ1) is 20.2. The molecule has 3 heterocycles. The average Bonchev–Trinajstić information content (AvgIpc) is 2.69. The molecule has 0 aliphatic carbocycles. The third kappa shape index (κ3) is 3.61. The summed E-state index contributed by atoms with van der Waals surface area (Å²) in [4.78, 5) is 27.8. The molecular formula is C21H26N2O5S. The molecule has 2 unspecified atom stereocenters. The third-order valence-corrected chi connectivity index (χ3v) is 7.67. The number of hydrogen-bond acceptors (Lipinski definition) is 6. The Balaban J connectivity index is 1.67. The Kier molecular flexibility index (Phi) is 5.29. The number of likely N-dealkylation sites (N-methyl/N-ethyl adjacent to an activating group) is 1. The lowest BCUT2D eigenvalue weighted by molar-refractivity contribution is 0.0250. The Morgan fingerprint density at radius 1 is 1.28 bits per heavy atom. The summed E-state index contributed by atoms with van der Waals surface area (Å²) in [5.74, 6) is 0.303. The van der Waals surface area contributed by atoms with Gasteiger partial charge in [-0.2, -0.15) is 10.6 Å². The molecule has 156 valence electrons. The van der Waals surface area contributed by atoms with Crippen LogP contribution in [0.2, 0.25) is 0 Å². The van der Waals surface area contributed by atoms with E-state index in [0.717, 1.165) is 11.1 Å². The Bertz CT molecular complexity index is 902. The number of Topliss-reactive ketones (excluding diaryl/α,β-unsaturated/α-hetero) is 1. The SMILES string of the molecule is CCOC(c1ccc2c(c1)C(=O)N(C)C(C1=CC=CNC1)C2=O)C1CS(O)(O)C1. The minimum atomic E-state index is -2.49. The van der Waals surface area contributed by atoms with Crippen LogP contribution in [0.1, 0.15) is 39.3 Å². The maximum Gasteiger partial charge on any atom is 0.255 e. The number of nitrogens with zero attached hydrogens (tertiary/aromatic N) is 1. The van der Waals surface area contributed by atoms with E-state index in [1.54, 1.807) is 19.2 Å². The van der Waals surface area contributed by atoms with Gasteiger partial charge in [0.15, 0.2) is 5.78 Å². The van der Waals surface area contributed by atoms with Crippen LogP contribution in [0.25, 0.3) is 0 Å². The lowest BCUT2D eigenvalue weighted by atomic mass is 9.85. The molecule has 0 radical (unpaired) electrons. The van der Waals surface area contributed by atoms with Crippen molar-refractivity contribution in [2.75, 3.05) is 31.7 Å². The molecule has 1 amide bonds. The van der Waals surface area contributed by atoms with Gasteiger partial charge in [-0.3, -0.25) is 18.7 Å². The Hall–Kier alpha value is -2.13. The molecule has 1 aromatic rings. The van der Waals surface area contributed by atoms with Crippen LogP contribution in [0.3, 0.4) is 0 Å². The molecule has 1 aromatic carbocycles. The van der Waals surface area contributed by atoms with Gasteiger partial charge < -0.3 is 15.0 Å². The summed E-state index contributed by atoms with van der Waals surface area (Å²) < 4.78 is 25.4. The number of carbonyl (C=O) groups excluding carboxylic acids is 2. The number of carbonyl (C=O) groups is 2. The summed E-state index contributed by atoms with van der Waals surface area (Å²) in [6, 6.07) is 4.66. The fourth-order valence-corrected chi connectivity index (χ4v) is 5.96. The maximum atomic E-state index is 13.2. The third-order valence-electron chi connectivity index (χ3n) is 5.74. The first-order chi connectivity index (χ1) is 13.8. The van der Waals surface area contributed by atoms with Gasteiger partial charge in [0.1, 0.15) is 6.04 Å². The molecule has 4 rings (SSSR count). The van der Waals surface area contributed by atoms with E-state index in [1.165, 1.54) is 4.90 Å². The molecule has 8 heteroatoms. The first-order valence-electron chi connectivity index (χ1n) is 9.72. The van der Waals surface area contributed by atoms with E-state index in [0.29, 0.717) is 35.8 Å². The zero-order valence-corrected chi connectivity index (χ0v) is 17.3. The molecule has 0 bridgehead atoms. The number of amides is 1. The van der Waals surface area contributed by atoms with Gasteiger partial charge in [-0.05, 0) is 36.4 Å². The van der Waals surface area contributed by atoms with E-state index in [2.05, 4.69) is 5.32 Å². The predicted octanol–water partition coefficient (Wildman–Crippen LogP) is 2.82. The van der Waals surface area contributed by atoms with Crippen LogP contribution >= 0.6 is 10.6 Å². The number of rotatable bonds is 5. The molecule has 0 aromatic heterocycles. The van der Waals surface area contributed by atoms with E-state index in [-0.39, 0.29) is 23.7 Å². The van der Waals surface area contributed by atoms with Crippen molar-refractivity contribution < 1.29 is 23.4 Å². The highest BCUT2D eigenvalue weighted by Crippen LogP contribution is 2.56. The molecular weight excluding hydrogens is 392 g/mol. The first-order valence-corrected chi connectivity index (χ1v) is 11.6. The molecule has 1 fully saturated rings. The lowest BCUT2D eigenvalue weighted by Crippen LogP contribution is -2.50. The van der Waals surface area contributed by atoms with Crippen molar-refractivity contribution in [1.29, 1.82) is 0 Å². The van der Waals surface area contributed by atoms with E-state index < -0.39 is 16.6 Å². The van der Waals surface area contributed by atoms with Crippen molar-refractivity contribution in [3.63, 3.8) is 0 Å². The molecule has 0 spiro atoms. The largest absolute Gasteiger partial charge is 0.387 e. The molecule has 29 heavy (non-hydrogen) atoms. The summed E-state index contributed by atoms with van der Waals surface area (Å²) in [5, 5.41) is 3.09. The second-order valence-electron chi connectivity index (χ2n) is 7.74. The second-order valence-corrected chi connectivity index (χ2v) is 10.0. The number of nitrogens with one attached hydrogen (secondary N) is 1. The average molecular weight is 419 g/mol. The second kappa shape index (κ2) is 7.60. The highest BCUT2D eigenvalue weighted by molar-refractivity contribution is 8.25. The Morgan fingerprint density at radius 2 is 2.03 bits per heavy atom. The van der Waals surface area contributed by atoms with Gasteiger partial charge in [0.2, 0.25) is 0 Å². The number of hydrogen-bond donors (Lipinski definition) is 3. The van der Waals surface area contributed by atoms with Crippen LogP contribution in [0.5, 0.6) is 0 Å². The highest BCUT2D eigenvalue weighted by atomic mass is 32.3.